The van der Waals surface area contributed by atoms with E-state index in [1.165, 1.54) is 29.5 Å². The predicted molar refractivity (Wildman–Crippen MR) is 110 cm³/mol. The summed E-state index contributed by atoms with van der Waals surface area (Å²) >= 11 is 1.21. The molecule has 158 valence electrons. The van der Waals surface area contributed by atoms with Crippen molar-refractivity contribution in [2.75, 3.05) is 11.1 Å². The molecule has 5 nitrogen and oxygen atoms in total. The molecule has 0 bridgehead atoms. The minimum Gasteiger partial charge on any atom is -0.325 e. The highest BCUT2D eigenvalue weighted by Gasteiger charge is 2.30. The molecule has 0 aliphatic carbocycles. The van der Waals surface area contributed by atoms with E-state index in [4.69, 9.17) is 0 Å². The number of benzene rings is 2. The Labute approximate surface area is 176 Å². The summed E-state index contributed by atoms with van der Waals surface area (Å²) < 4.78 is 40.3. The van der Waals surface area contributed by atoms with E-state index in [-0.39, 0.29) is 11.4 Å². The first-order chi connectivity index (χ1) is 14.4. The minimum atomic E-state index is -4.46. The number of halogens is 3. The van der Waals surface area contributed by atoms with Crippen LogP contribution in [0, 0.1) is 0 Å². The van der Waals surface area contributed by atoms with E-state index in [9.17, 15) is 18.0 Å². The first-order valence-corrected chi connectivity index (χ1v) is 10.4. The molecule has 3 rings (SSSR count). The zero-order chi connectivity index (χ0) is 21.6. The lowest BCUT2D eigenvalue weighted by Gasteiger charge is -2.10. The van der Waals surface area contributed by atoms with Crippen LogP contribution >= 0.6 is 11.8 Å². The maximum absolute atomic E-state index is 12.8. The lowest BCUT2D eigenvalue weighted by atomic mass is 10.1. The van der Waals surface area contributed by atoms with Crippen molar-refractivity contribution in [2.24, 2.45) is 0 Å². The minimum absolute atomic E-state index is 0.0209. The molecule has 1 N–H and O–H groups in total. The van der Waals surface area contributed by atoms with Crippen molar-refractivity contribution in [3.63, 3.8) is 0 Å². The van der Waals surface area contributed by atoms with Crippen LogP contribution in [0.4, 0.5) is 18.9 Å². The van der Waals surface area contributed by atoms with Crippen molar-refractivity contribution in [3.8, 4) is 0 Å². The third-order valence-corrected chi connectivity index (χ3v) is 5.36. The summed E-state index contributed by atoms with van der Waals surface area (Å²) in [6, 6.07) is 14.6. The summed E-state index contributed by atoms with van der Waals surface area (Å²) in [7, 11) is 0. The van der Waals surface area contributed by atoms with Crippen molar-refractivity contribution in [3.05, 3.63) is 71.5 Å². The van der Waals surface area contributed by atoms with Gasteiger partial charge in [0, 0.05) is 18.7 Å². The summed E-state index contributed by atoms with van der Waals surface area (Å²) in [6.45, 7) is 2.64. The Balaban J connectivity index is 1.58. The third kappa shape index (κ3) is 5.85. The zero-order valence-corrected chi connectivity index (χ0v) is 17.1. The van der Waals surface area contributed by atoms with Crippen molar-refractivity contribution < 1.29 is 18.0 Å². The van der Waals surface area contributed by atoms with E-state index >= 15 is 0 Å². The van der Waals surface area contributed by atoms with Gasteiger partial charge in [0.1, 0.15) is 5.82 Å². The van der Waals surface area contributed by atoms with Crippen LogP contribution in [0.1, 0.15) is 23.9 Å². The highest BCUT2D eigenvalue weighted by Crippen LogP contribution is 2.30. The number of amides is 1. The Hall–Kier alpha value is -2.81. The van der Waals surface area contributed by atoms with Gasteiger partial charge in [0.2, 0.25) is 5.91 Å². The topological polar surface area (TPSA) is 59.8 Å². The summed E-state index contributed by atoms with van der Waals surface area (Å²) in [4.78, 5) is 12.2. The smallest absolute Gasteiger partial charge is 0.325 e. The molecule has 30 heavy (non-hydrogen) atoms. The molecule has 0 fully saturated rings. The second-order valence-electron chi connectivity index (χ2n) is 6.54. The number of aryl methyl sites for hydroxylation is 2. The van der Waals surface area contributed by atoms with Crippen molar-refractivity contribution >= 4 is 23.4 Å². The van der Waals surface area contributed by atoms with Gasteiger partial charge in [0.05, 0.1) is 11.3 Å². The highest BCUT2D eigenvalue weighted by molar-refractivity contribution is 7.99. The fourth-order valence-corrected chi connectivity index (χ4v) is 3.75. The van der Waals surface area contributed by atoms with Gasteiger partial charge in [-0.3, -0.25) is 4.79 Å². The Morgan fingerprint density at radius 1 is 1.07 bits per heavy atom. The first-order valence-electron chi connectivity index (χ1n) is 9.42. The molecule has 0 atom stereocenters. The number of carbonyl (C=O) groups excluding carboxylic acids is 1. The normalized spacial score (nSPS) is 11.5. The van der Waals surface area contributed by atoms with E-state index < -0.39 is 17.6 Å². The Kier molecular flexibility index (Phi) is 7.15. The maximum Gasteiger partial charge on any atom is 0.416 e. The molecule has 0 aliphatic heterocycles. The molecule has 1 heterocycles. The number of alkyl halides is 3. The van der Waals surface area contributed by atoms with Crippen molar-refractivity contribution in [1.82, 2.24) is 14.8 Å². The van der Waals surface area contributed by atoms with Gasteiger partial charge >= 0.3 is 6.18 Å². The van der Waals surface area contributed by atoms with E-state index in [0.717, 1.165) is 30.8 Å². The summed E-state index contributed by atoms with van der Waals surface area (Å²) in [5.41, 5.74) is 0.510. The number of hydrogen-bond acceptors (Lipinski definition) is 4. The molecule has 0 saturated carbocycles. The van der Waals surface area contributed by atoms with E-state index in [1.807, 2.05) is 29.7 Å². The van der Waals surface area contributed by atoms with Crippen molar-refractivity contribution in [2.45, 2.75) is 37.6 Å². The number of carbonyl (C=O) groups is 1. The second kappa shape index (κ2) is 9.80. The molecule has 1 amide bonds. The zero-order valence-electron chi connectivity index (χ0n) is 16.3. The number of anilines is 1. The Morgan fingerprint density at radius 2 is 1.83 bits per heavy atom. The lowest BCUT2D eigenvalue weighted by Crippen LogP contribution is -2.15. The largest absolute Gasteiger partial charge is 0.416 e. The number of rotatable bonds is 8. The van der Waals surface area contributed by atoms with Crippen LogP contribution in [0.15, 0.2) is 59.8 Å². The average Bonchev–Trinajstić information content (AvgIpc) is 3.13. The molecule has 2 aromatic carbocycles. The SMILES string of the molecule is CCn1c(CCc2ccccc2)nnc1SCC(=O)Nc1cccc(C(F)(F)F)c1. The average molecular weight is 434 g/mol. The fourth-order valence-electron chi connectivity index (χ4n) is 2.93. The molecule has 3 aromatic rings. The molecule has 0 radical (unpaired) electrons. The van der Waals surface area contributed by atoms with Gasteiger partial charge in [-0.1, -0.05) is 48.2 Å². The maximum atomic E-state index is 12.8. The number of nitrogens with zero attached hydrogens (tertiary/aromatic N) is 3. The Morgan fingerprint density at radius 3 is 2.53 bits per heavy atom. The third-order valence-electron chi connectivity index (χ3n) is 4.40. The van der Waals surface area contributed by atoms with Gasteiger partial charge in [-0.25, -0.2) is 0 Å². The second-order valence-corrected chi connectivity index (χ2v) is 7.49. The van der Waals surface area contributed by atoms with Gasteiger partial charge in [-0.2, -0.15) is 13.2 Å². The predicted octanol–water partition coefficient (Wildman–Crippen LogP) is 4.83. The molecule has 0 unspecified atom stereocenters. The number of hydrogen-bond donors (Lipinski definition) is 1. The number of nitrogens with one attached hydrogen (secondary N) is 1. The van der Waals surface area contributed by atoms with Crippen LogP contribution in [-0.2, 0) is 30.4 Å². The van der Waals surface area contributed by atoms with Gasteiger partial charge in [-0.15, -0.1) is 10.2 Å². The van der Waals surface area contributed by atoms with E-state index in [1.54, 1.807) is 0 Å². The van der Waals surface area contributed by atoms with Crippen LogP contribution in [0.5, 0.6) is 0 Å². The van der Waals surface area contributed by atoms with Crippen LogP contribution in [0.25, 0.3) is 0 Å². The fraction of sp³-hybridized carbons (Fsp3) is 0.286. The molecule has 0 aliphatic rings. The highest BCUT2D eigenvalue weighted by atomic mass is 32.2. The molecule has 0 saturated heterocycles. The van der Waals surface area contributed by atoms with Gasteiger partial charge in [-0.05, 0) is 37.1 Å². The summed E-state index contributed by atoms with van der Waals surface area (Å²) in [5.74, 6) is 0.450. The lowest BCUT2D eigenvalue weighted by molar-refractivity contribution is -0.137. The first kappa shape index (κ1) is 21.9. The summed E-state index contributed by atoms with van der Waals surface area (Å²) in [5, 5.41) is 11.5. The molecular weight excluding hydrogens is 413 g/mol. The standard InChI is InChI=1S/C21H21F3N4OS/c1-2-28-18(12-11-15-7-4-3-5-8-15)26-27-20(28)30-14-19(29)25-17-10-6-9-16(13-17)21(22,23)24/h3-10,13H,2,11-12,14H2,1H3,(H,25,29). The van der Waals surface area contributed by atoms with Gasteiger partial charge in [0.15, 0.2) is 5.16 Å². The van der Waals surface area contributed by atoms with Gasteiger partial charge in [0.25, 0.3) is 0 Å². The van der Waals surface area contributed by atoms with Gasteiger partial charge < -0.3 is 9.88 Å². The van der Waals surface area contributed by atoms with E-state index in [2.05, 4.69) is 27.6 Å². The molecular formula is C21H21F3N4OS. The quantitative estimate of drug-likeness (QED) is 0.516. The number of thioether (sulfide) groups is 1. The van der Waals surface area contributed by atoms with Crippen molar-refractivity contribution in [1.29, 1.82) is 0 Å². The monoisotopic (exact) mass is 434 g/mol. The summed E-state index contributed by atoms with van der Waals surface area (Å²) in [6.07, 6.45) is -2.90. The van der Waals surface area contributed by atoms with Crippen LogP contribution in [-0.4, -0.2) is 26.4 Å². The van der Waals surface area contributed by atoms with Crippen LogP contribution in [0.3, 0.4) is 0 Å². The number of aromatic nitrogens is 3. The molecule has 9 heteroatoms. The Bertz CT molecular complexity index is 989. The van der Waals surface area contributed by atoms with E-state index in [0.29, 0.717) is 11.7 Å². The molecule has 0 spiro atoms. The van der Waals surface area contributed by atoms with Crippen LogP contribution in [0.2, 0.25) is 0 Å². The molecule has 1 aromatic heterocycles. The van der Waals surface area contributed by atoms with Crippen LogP contribution < -0.4 is 5.32 Å².